The Labute approximate surface area is 101 Å². The second-order valence-corrected chi connectivity index (χ2v) is 6.44. The summed E-state index contributed by atoms with van der Waals surface area (Å²) >= 11 is 0. The highest BCUT2D eigenvalue weighted by atomic mass is 15.2. The molecule has 0 aromatic carbocycles. The summed E-state index contributed by atoms with van der Waals surface area (Å²) in [6, 6.07) is 1.10. The van der Waals surface area contributed by atoms with Crippen LogP contribution in [-0.2, 0) is 0 Å². The van der Waals surface area contributed by atoms with Gasteiger partial charge in [-0.25, -0.2) is 0 Å². The summed E-state index contributed by atoms with van der Waals surface area (Å²) in [6.45, 7) is 9.66. The molecule has 0 amide bonds. The van der Waals surface area contributed by atoms with E-state index >= 15 is 0 Å². The molecule has 1 heterocycles. The van der Waals surface area contributed by atoms with E-state index in [1.54, 1.807) is 0 Å². The molecule has 2 nitrogen and oxygen atoms in total. The van der Waals surface area contributed by atoms with E-state index in [9.17, 15) is 0 Å². The molecule has 2 fully saturated rings. The van der Waals surface area contributed by atoms with Crippen LogP contribution in [0.1, 0.15) is 46.5 Å². The SMILES string of the molecule is CC1CCN(C2CC(C(C)C)CCC2N)C1. The maximum absolute atomic E-state index is 6.32. The maximum atomic E-state index is 6.32. The van der Waals surface area contributed by atoms with Crippen LogP contribution in [0, 0.1) is 17.8 Å². The van der Waals surface area contributed by atoms with E-state index in [0.29, 0.717) is 12.1 Å². The maximum Gasteiger partial charge on any atom is 0.0250 e. The van der Waals surface area contributed by atoms with E-state index in [2.05, 4.69) is 25.7 Å². The van der Waals surface area contributed by atoms with Gasteiger partial charge in [0.2, 0.25) is 0 Å². The molecular weight excluding hydrogens is 196 g/mol. The Balaban J connectivity index is 1.95. The highest BCUT2D eigenvalue weighted by Gasteiger charge is 2.35. The number of rotatable bonds is 2. The van der Waals surface area contributed by atoms with E-state index < -0.39 is 0 Å². The smallest absolute Gasteiger partial charge is 0.0250 e. The zero-order chi connectivity index (χ0) is 11.7. The van der Waals surface area contributed by atoms with Crippen molar-refractivity contribution in [2.24, 2.45) is 23.5 Å². The fourth-order valence-corrected chi connectivity index (χ4v) is 3.50. The lowest BCUT2D eigenvalue weighted by atomic mass is 9.76. The number of likely N-dealkylation sites (tertiary alicyclic amines) is 1. The Hall–Kier alpha value is -0.0800. The van der Waals surface area contributed by atoms with Gasteiger partial charge in [0.25, 0.3) is 0 Å². The fourth-order valence-electron chi connectivity index (χ4n) is 3.50. The molecule has 0 aromatic heterocycles. The quantitative estimate of drug-likeness (QED) is 0.781. The standard InChI is InChI=1S/C14H28N2/c1-10(2)12-4-5-13(15)14(8-12)16-7-6-11(3)9-16/h10-14H,4-9,15H2,1-3H3. The summed E-state index contributed by atoms with van der Waals surface area (Å²) in [5, 5.41) is 0. The molecule has 94 valence electrons. The second-order valence-electron chi connectivity index (χ2n) is 6.44. The van der Waals surface area contributed by atoms with Crippen LogP contribution in [0.25, 0.3) is 0 Å². The molecule has 2 N–H and O–H groups in total. The van der Waals surface area contributed by atoms with Gasteiger partial charge in [-0.05, 0) is 50.0 Å². The van der Waals surface area contributed by atoms with Gasteiger partial charge in [-0.2, -0.15) is 0 Å². The van der Waals surface area contributed by atoms with Crippen molar-refractivity contribution in [3.63, 3.8) is 0 Å². The molecule has 0 aromatic rings. The van der Waals surface area contributed by atoms with Crippen LogP contribution in [0.4, 0.5) is 0 Å². The van der Waals surface area contributed by atoms with Crippen molar-refractivity contribution in [2.75, 3.05) is 13.1 Å². The lowest BCUT2D eigenvalue weighted by Crippen LogP contribution is -2.51. The minimum absolute atomic E-state index is 0.431. The Morgan fingerprint density at radius 3 is 2.50 bits per heavy atom. The molecule has 2 heteroatoms. The Morgan fingerprint density at radius 2 is 1.94 bits per heavy atom. The van der Waals surface area contributed by atoms with Gasteiger partial charge < -0.3 is 5.73 Å². The Morgan fingerprint density at radius 1 is 1.19 bits per heavy atom. The van der Waals surface area contributed by atoms with E-state index in [1.165, 1.54) is 38.8 Å². The van der Waals surface area contributed by atoms with Gasteiger partial charge in [0.1, 0.15) is 0 Å². The molecule has 1 saturated heterocycles. The van der Waals surface area contributed by atoms with E-state index in [4.69, 9.17) is 5.73 Å². The molecule has 4 atom stereocenters. The zero-order valence-electron chi connectivity index (χ0n) is 11.2. The number of nitrogens with zero attached hydrogens (tertiary/aromatic N) is 1. The lowest BCUT2D eigenvalue weighted by Gasteiger charge is -2.41. The van der Waals surface area contributed by atoms with Crippen molar-refractivity contribution in [3.05, 3.63) is 0 Å². The normalized spacial score (nSPS) is 41.8. The summed E-state index contributed by atoms with van der Waals surface area (Å²) in [5.74, 6) is 2.61. The van der Waals surface area contributed by atoms with Crippen molar-refractivity contribution in [1.82, 2.24) is 4.90 Å². The van der Waals surface area contributed by atoms with Crippen molar-refractivity contribution >= 4 is 0 Å². The average molecular weight is 224 g/mol. The van der Waals surface area contributed by atoms with Gasteiger partial charge in [0.05, 0.1) is 0 Å². The first-order valence-corrected chi connectivity index (χ1v) is 7.07. The second kappa shape index (κ2) is 5.05. The molecule has 1 saturated carbocycles. The zero-order valence-corrected chi connectivity index (χ0v) is 11.2. The lowest BCUT2D eigenvalue weighted by molar-refractivity contribution is 0.114. The summed E-state index contributed by atoms with van der Waals surface area (Å²) in [6.07, 6.45) is 5.29. The van der Waals surface area contributed by atoms with Gasteiger partial charge in [0, 0.05) is 18.6 Å². The molecule has 1 aliphatic carbocycles. The molecule has 2 aliphatic rings. The van der Waals surface area contributed by atoms with Gasteiger partial charge in [-0.1, -0.05) is 20.8 Å². The molecule has 1 aliphatic heterocycles. The van der Waals surface area contributed by atoms with Crippen LogP contribution in [0.3, 0.4) is 0 Å². The van der Waals surface area contributed by atoms with Crippen LogP contribution in [0.5, 0.6) is 0 Å². The summed E-state index contributed by atoms with van der Waals surface area (Å²) in [4.78, 5) is 2.67. The monoisotopic (exact) mass is 224 g/mol. The first kappa shape index (κ1) is 12.4. The highest BCUT2D eigenvalue weighted by molar-refractivity contribution is 4.92. The van der Waals surface area contributed by atoms with Crippen LogP contribution >= 0.6 is 0 Å². The highest BCUT2D eigenvalue weighted by Crippen LogP contribution is 2.33. The topological polar surface area (TPSA) is 29.3 Å². The minimum atomic E-state index is 0.431. The number of nitrogens with two attached hydrogens (primary N) is 1. The van der Waals surface area contributed by atoms with E-state index in [1.807, 2.05) is 0 Å². The van der Waals surface area contributed by atoms with Crippen molar-refractivity contribution < 1.29 is 0 Å². The van der Waals surface area contributed by atoms with Crippen LogP contribution < -0.4 is 5.73 Å². The first-order chi connectivity index (χ1) is 7.58. The molecular formula is C14H28N2. The summed E-state index contributed by atoms with van der Waals surface area (Å²) < 4.78 is 0. The third-order valence-electron chi connectivity index (χ3n) is 4.78. The first-order valence-electron chi connectivity index (χ1n) is 7.07. The summed E-state index contributed by atoms with van der Waals surface area (Å²) in [5.41, 5.74) is 6.32. The molecule has 0 bridgehead atoms. The van der Waals surface area contributed by atoms with Gasteiger partial charge in [-0.15, -0.1) is 0 Å². The molecule has 16 heavy (non-hydrogen) atoms. The van der Waals surface area contributed by atoms with Crippen molar-refractivity contribution in [3.8, 4) is 0 Å². The predicted molar refractivity (Wildman–Crippen MR) is 69.3 cm³/mol. The third-order valence-corrected chi connectivity index (χ3v) is 4.78. The minimum Gasteiger partial charge on any atom is -0.326 e. The van der Waals surface area contributed by atoms with Crippen LogP contribution in [0.15, 0.2) is 0 Å². The third kappa shape index (κ3) is 2.60. The molecule has 4 unspecified atom stereocenters. The van der Waals surface area contributed by atoms with Gasteiger partial charge in [0.15, 0.2) is 0 Å². The van der Waals surface area contributed by atoms with Crippen LogP contribution in [-0.4, -0.2) is 30.1 Å². The molecule has 0 radical (unpaired) electrons. The molecule has 2 rings (SSSR count). The number of hydrogen-bond acceptors (Lipinski definition) is 2. The van der Waals surface area contributed by atoms with Gasteiger partial charge in [-0.3, -0.25) is 4.90 Å². The van der Waals surface area contributed by atoms with Crippen molar-refractivity contribution in [2.45, 2.75) is 58.5 Å². The van der Waals surface area contributed by atoms with E-state index in [0.717, 1.165) is 17.8 Å². The predicted octanol–water partition coefficient (Wildman–Crippen LogP) is 2.48. The van der Waals surface area contributed by atoms with Gasteiger partial charge >= 0.3 is 0 Å². The Bertz CT molecular complexity index is 227. The van der Waals surface area contributed by atoms with Crippen LogP contribution in [0.2, 0.25) is 0 Å². The number of hydrogen-bond donors (Lipinski definition) is 1. The largest absolute Gasteiger partial charge is 0.326 e. The fraction of sp³-hybridized carbons (Fsp3) is 1.00. The van der Waals surface area contributed by atoms with E-state index in [-0.39, 0.29) is 0 Å². The van der Waals surface area contributed by atoms with Crippen molar-refractivity contribution in [1.29, 1.82) is 0 Å². The average Bonchev–Trinajstić information content (AvgIpc) is 2.65. The Kier molecular flexibility index (Phi) is 3.91. The molecule has 0 spiro atoms. The summed E-state index contributed by atoms with van der Waals surface area (Å²) in [7, 11) is 0.